The summed E-state index contributed by atoms with van der Waals surface area (Å²) in [6.45, 7) is 4.06. The van der Waals surface area contributed by atoms with Crippen LogP contribution in [0.3, 0.4) is 0 Å². The van der Waals surface area contributed by atoms with Gasteiger partial charge in [0.15, 0.2) is 0 Å². The molecule has 3 aromatic rings. The number of fused-ring (bicyclic) bond motifs is 1. The predicted molar refractivity (Wildman–Crippen MR) is 110 cm³/mol. The van der Waals surface area contributed by atoms with Crippen molar-refractivity contribution in [1.29, 1.82) is 0 Å². The molecule has 0 radical (unpaired) electrons. The highest BCUT2D eigenvalue weighted by atomic mass is 16.1. The van der Waals surface area contributed by atoms with Crippen molar-refractivity contribution in [3.63, 3.8) is 0 Å². The van der Waals surface area contributed by atoms with Crippen molar-refractivity contribution in [2.24, 2.45) is 0 Å². The zero-order chi connectivity index (χ0) is 18.6. The molecule has 5 heteroatoms. The highest BCUT2D eigenvalue weighted by Gasteiger charge is 2.15. The molecule has 2 heterocycles. The van der Waals surface area contributed by atoms with Crippen LogP contribution in [0.1, 0.15) is 5.56 Å². The molecule has 1 amide bonds. The van der Waals surface area contributed by atoms with Crippen LogP contribution in [0.2, 0.25) is 0 Å². The lowest BCUT2D eigenvalue weighted by Crippen LogP contribution is -2.44. The molecule has 27 heavy (non-hydrogen) atoms. The third-order valence-electron chi connectivity index (χ3n) is 5.09. The standard InChI is InChI=1S/C22H24N4O/c1-25-11-13-26(14-12-25)21-10-9-19(16-23-21)24-22(27)15-18-7-4-6-17-5-2-3-8-20(17)18/h2-10,16H,11-15H2,1H3,(H,24,27). The summed E-state index contributed by atoms with van der Waals surface area (Å²) in [7, 11) is 2.14. The van der Waals surface area contributed by atoms with Crippen molar-refractivity contribution < 1.29 is 4.79 Å². The lowest BCUT2D eigenvalue weighted by Gasteiger charge is -2.33. The van der Waals surface area contributed by atoms with Gasteiger partial charge in [-0.25, -0.2) is 4.98 Å². The number of pyridine rings is 1. The SMILES string of the molecule is CN1CCN(c2ccc(NC(=O)Cc3cccc4ccccc34)cn2)CC1. The quantitative estimate of drug-likeness (QED) is 0.776. The number of anilines is 2. The van der Waals surface area contributed by atoms with E-state index in [0.29, 0.717) is 6.42 Å². The average molecular weight is 360 g/mol. The lowest BCUT2D eigenvalue weighted by molar-refractivity contribution is -0.115. The van der Waals surface area contributed by atoms with E-state index in [9.17, 15) is 4.79 Å². The number of carbonyl (C=O) groups is 1. The summed E-state index contributed by atoms with van der Waals surface area (Å²) >= 11 is 0. The van der Waals surface area contributed by atoms with Crippen molar-refractivity contribution in [1.82, 2.24) is 9.88 Å². The number of hydrogen-bond acceptors (Lipinski definition) is 4. The normalized spacial score (nSPS) is 15.1. The molecule has 0 unspecified atom stereocenters. The van der Waals surface area contributed by atoms with Crippen LogP contribution < -0.4 is 10.2 Å². The van der Waals surface area contributed by atoms with Crippen LogP contribution in [0.15, 0.2) is 60.8 Å². The van der Waals surface area contributed by atoms with Crippen molar-refractivity contribution in [2.45, 2.75) is 6.42 Å². The molecule has 0 aliphatic carbocycles. The molecule has 1 fully saturated rings. The first-order chi connectivity index (χ1) is 13.2. The lowest BCUT2D eigenvalue weighted by atomic mass is 10.0. The maximum absolute atomic E-state index is 12.5. The van der Waals surface area contributed by atoms with Gasteiger partial charge in [0.25, 0.3) is 0 Å². The van der Waals surface area contributed by atoms with Crippen LogP contribution >= 0.6 is 0 Å². The van der Waals surface area contributed by atoms with E-state index >= 15 is 0 Å². The van der Waals surface area contributed by atoms with Gasteiger partial charge in [0.05, 0.1) is 18.3 Å². The van der Waals surface area contributed by atoms with E-state index in [1.807, 2.05) is 36.4 Å². The third kappa shape index (κ3) is 4.09. The Balaban J connectivity index is 1.41. The molecule has 138 valence electrons. The second-order valence-electron chi connectivity index (χ2n) is 7.06. The Morgan fingerprint density at radius 1 is 1.00 bits per heavy atom. The Morgan fingerprint density at radius 2 is 1.78 bits per heavy atom. The zero-order valence-electron chi connectivity index (χ0n) is 15.6. The van der Waals surface area contributed by atoms with Gasteiger partial charge in [-0.15, -0.1) is 0 Å². The molecule has 0 atom stereocenters. The molecule has 1 N–H and O–H groups in total. The Hall–Kier alpha value is -2.92. The summed E-state index contributed by atoms with van der Waals surface area (Å²) in [4.78, 5) is 21.6. The van der Waals surface area contributed by atoms with Crippen LogP contribution in [-0.4, -0.2) is 49.0 Å². The van der Waals surface area contributed by atoms with Crippen LogP contribution in [0, 0.1) is 0 Å². The summed E-state index contributed by atoms with van der Waals surface area (Å²) in [5, 5.41) is 5.24. The van der Waals surface area contributed by atoms with E-state index < -0.39 is 0 Å². The Morgan fingerprint density at radius 3 is 2.56 bits per heavy atom. The minimum absolute atomic E-state index is 0.0273. The van der Waals surface area contributed by atoms with Crippen LogP contribution in [0.25, 0.3) is 10.8 Å². The van der Waals surface area contributed by atoms with E-state index in [-0.39, 0.29) is 5.91 Å². The number of nitrogens with one attached hydrogen (secondary N) is 1. The number of rotatable bonds is 4. The molecule has 2 aromatic carbocycles. The molecule has 0 bridgehead atoms. The Bertz CT molecular complexity index is 925. The minimum atomic E-state index is -0.0273. The molecule has 1 aliphatic rings. The number of carbonyl (C=O) groups excluding carboxylic acids is 1. The van der Waals surface area contributed by atoms with Crippen LogP contribution in [0.5, 0.6) is 0 Å². The molecule has 1 saturated heterocycles. The molecule has 5 nitrogen and oxygen atoms in total. The first kappa shape index (κ1) is 17.5. The highest BCUT2D eigenvalue weighted by molar-refractivity contribution is 5.96. The number of piperazine rings is 1. The van der Waals surface area contributed by atoms with E-state index in [1.165, 1.54) is 0 Å². The van der Waals surface area contributed by atoms with E-state index in [1.54, 1.807) is 6.20 Å². The number of nitrogens with zero attached hydrogens (tertiary/aromatic N) is 3. The van der Waals surface area contributed by atoms with Gasteiger partial charge < -0.3 is 15.1 Å². The Labute approximate surface area is 159 Å². The summed E-state index contributed by atoms with van der Waals surface area (Å²) in [5.74, 6) is 0.940. The first-order valence-electron chi connectivity index (χ1n) is 9.35. The maximum Gasteiger partial charge on any atom is 0.228 e. The van der Waals surface area contributed by atoms with Gasteiger partial charge in [-0.05, 0) is 35.5 Å². The monoisotopic (exact) mass is 360 g/mol. The van der Waals surface area contributed by atoms with Gasteiger partial charge in [0.2, 0.25) is 5.91 Å². The molecular formula is C22H24N4O. The first-order valence-corrected chi connectivity index (χ1v) is 9.35. The summed E-state index contributed by atoms with van der Waals surface area (Å²) in [5.41, 5.74) is 1.77. The topological polar surface area (TPSA) is 48.5 Å². The second-order valence-corrected chi connectivity index (χ2v) is 7.06. The number of likely N-dealkylation sites (N-methyl/N-ethyl adjacent to an activating group) is 1. The van der Waals surface area contributed by atoms with E-state index in [4.69, 9.17) is 0 Å². The van der Waals surface area contributed by atoms with Gasteiger partial charge >= 0.3 is 0 Å². The van der Waals surface area contributed by atoms with E-state index in [2.05, 4.69) is 45.3 Å². The number of benzene rings is 2. The fourth-order valence-corrected chi connectivity index (χ4v) is 3.51. The largest absolute Gasteiger partial charge is 0.354 e. The number of amides is 1. The summed E-state index contributed by atoms with van der Waals surface area (Å²) in [6.07, 6.45) is 2.09. The minimum Gasteiger partial charge on any atom is -0.354 e. The van der Waals surface area contributed by atoms with Gasteiger partial charge in [-0.1, -0.05) is 42.5 Å². The van der Waals surface area contributed by atoms with Crippen LogP contribution in [0.4, 0.5) is 11.5 Å². The Kier molecular flexibility index (Phi) is 5.03. The van der Waals surface area contributed by atoms with Crippen LogP contribution in [-0.2, 0) is 11.2 Å². The number of aromatic nitrogens is 1. The second kappa shape index (κ2) is 7.76. The van der Waals surface area contributed by atoms with Gasteiger partial charge in [0, 0.05) is 26.2 Å². The summed E-state index contributed by atoms with van der Waals surface area (Å²) < 4.78 is 0. The summed E-state index contributed by atoms with van der Waals surface area (Å²) in [6, 6.07) is 18.1. The smallest absolute Gasteiger partial charge is 0.228 e. The van der Waals surface area contributed by atoms with Crippen molar-refractivity contribution >= 4 is 28.2 Å². The van der Waals surface area contributed by atoms with Crippen molar-refractivity contribution in [3.05, 3.63) is 66.4 Å². The fourth-order valence-electron chi connectivity index (χ4n) is 3.51. The zero-order valence-corrected chi connectivity index (χ0v) is 15.6. The van der Waals surface area contributed by atoms with Gasteiger partial charge in [-0.3, -0.25) is 4.79 Å². The average Bonchev–Trinajstić information content (AvgIpc) is 2.69. The molecule has 1 aliphatic heterocycles. The fraction of sp³-hybridized carbons (Fsp3) is 0.273. The molecule has 4 rings (SSSR count). The number of hydrogen-bond donors (Lipinski definition) is 1. The highest BCUT2D eigenvalue weighted by Crippen LogP contribution is 2.20. The predicted octanol–water partition coefficient (Wildman–Crippen LogP) is 3.17. The van der Waals surface area contributed by atoms with E-state index in [0.717, 1.165) is 54.0 Å². The third-order valence-corrected chi connectivity index (χ3v) is 5.09. The van der Waals surface area contributed by atoms with Crippen molar-refractivity contribution in [3.8, 4) is 0 Å². The molecule has 0 saturated carbocycles. The molecule has 0 spiro atoms. The van der Waals surface area contributed by atoms with Crippen molar-refractivity contribution in [2.75, 3.05) is 43.4 Å². The van der Waals surface area contributed by atoms with Gasteiger partial charge in [0.1, 0.15) is 5.82 Å². The maximum atomic E-state index is 12.5. The molecular weight excluding hydrogens is 336 g/mol. The van der Waals surface area contributed by atoms with Gasteiger partial charge in [-0.2, -0.15) is 0 Å². The molecule has 1 aromatic heterocycles.